The Morgan fingerprint density at radius 3 is 2.53 bits per heavy atom. The van der Waals surface area contributed by atoms with E-state index in [2.05, 4.69) is 5.32 Å². The van der Waals surface area contributed by atoms with Crippen molar-refractivity contribution in [2.24, 2.45) is 0 Å². The molecule has 19 heavy (non-hydrogen) atoms. The Morgan fingerprint density at radius 2 is 2.00 bits per heavy atom. The Labute approximate surface area is 113 Å². The largest absolute Gasteiger partial charge is 0.497 e. The first kappa shape index (κ1) is 15.3. The van der Waals surface area contributed by atoms with E-state index in [4.69, 9.17) is 14.6 Å². The van der Waals surface area contributed by atoms with Gasteiger partial charge in [-0.25, -0.2) is 0 Å². The summed E-state index contributed by atoms with van der Waals surface area (Å²) in [5, 5.41) is 11.8. The predicted molar refractivity (Wildman–Crippen MR) is 72.8 cm³/mol. The number of ether oxygens (including phenoxy) is 2. The minimum atomic E-state index is -0.486. The summed E-state index contributed by atoms with van der Waals surface area (Å²) in [5.74, 6) is 0.818. The van der Waals surface area contributed by atoms with Crippen molar-refractivity contribution in [3.05, 3.63) is 23.8 Å². The smallest absolute Gasteiger partial charge is 0.255 e. The van der Waals surface area contributed by atoms with Gasteiger partial charge < -0.3 is 19.9 Å². The van der Waals surface area contributed by atoms with Crippen molar-refractivity contribution in [3.8, 4) is 11.5 Å². The van der Waals surface area contributed by atoms with Crippen molar-refractivity contribution in [1.82, 2.24) is 5.32 Å². The fourth-order valence-electron chi connectivity index (χ4n) is 1.71. The number of nitrogens with one attached hydrogen (secondary N) is 1. The molecule has 106 valence electrons. The van der Waals surface area contributed by atoms with E-state index in [0.29, 0.717) is 23.5 Å². The maximum Gasteiger partial charge on any atom is 0.255 e. The van der Waals surface area contributed by atoms with Gasteiger partial charge in [-0.2, -0.15) is 0 Å². The number of aliphatic hydroxyl groups is 1. The van der Waals surface area contributed by atoms with Crippen molar-refractivity contribution in [2.75, 3.05) is 20.8 Å². The van der Waals surface area contributed by atoms with Gasteiger partial charge in [0, 0.05) is 12.1 Å². The Hall–Kier alpha value is -1.75. The molecule has 0 aromatic heterocycles. The Balaban J connectivity index is 2.97. The average molecular weight is 267 g/mol. The number of benzene rings is 1. The van der Waals surface area contributed by atoms with Crippen LogP contribution in [0.4, 0.5) is 0 Å². The molecule has 0 fully saturated rings. The van der Waals surface area contributed by atoms with Crippen LogP contribution in [-0.4, -0.2) is 37.4 Å². The van der Waals surface area contributed by atoms with E-state index in [1.165, 1.54) is 7.11 Å². The second-order valence-corrected chi connectivity index (χ2v) is 4.88. The first-order valence-corrected chi connectivity index (χ1v) is 6.09. The number of hydrogen-bond donors (Lipinski definition) is 2. The molecule has 1 rings (SSSR count). The van der Waals surface area contributed by atoms with Crippen LogP contribution in [0.2, 0.25) is 0 Å². The molecule has 1 aromatic rings. The van der Waals surface area contributed by atoms with Crippen LogP contribution in [-0.2, 0) is 0 Å². The fraction of sp³-hybridized carbons (Fsp3) is 0.500. The van der Waals surface area contributed by atoms with Crippen LogP contribution in [0.1, 0.15) is 30.6 Å². The van der Waals surface area contributed by atoms with E-state index < -0.39 is 5.54 Å². The minimum Gasteiger partial charge on any atom is -0.497 e. The second-order valence-electron chi connectivity index (χ2n) is 4.88. The van der Waals surface area contributed by atoms with E-state index in [-0.39, 0.29) is 12.5 Å². The summed E-state index contributed by atoms with van der Waals surface area (Å²) in [5.41, 5.74) is -0.0761. The summed E-state index contributed by atoms with van der Waals surface area (Å²) in [7, 11) is 3.05. The lowest BCUT2D eigenvalue weighted by Crippen LogP contribution is -2.44. The standard InChI is InChI=1S/C14H21NO4/c1-14(2,7-8-16)15-13(17)11-9-10(18-3)5-6-12(11)19-4/h5-6,9,16H,7-8H2,1-4H3,(H,15,17). The first-order chi connectivity index (χ1) is 8.93. The summed E-state index contributed by atoms with van der Waals surface area (Å²) in [6.45, 7) is 3.73. The molecule has 5 heteroatoms. The topological polar surface area (TPSA) is 67.8 Å². The number of rotatable bonds is 6. The molecule has 0 aliphatic rings. The lowest BCUT2D eigenvalue weighted by Gasteiger charge is -2.25. The van der Waals surface area contributed by atoms with Gasteiger partial charge in [-0.1, -0.05) is 0 Å². The average Bonchev–Trinajstić information content (AvgIpc) is 2.37. The predicted octanol–water partition coefficient (Wildman–Crippen LogP) is 1.59. The van der Waals surface area contributed by atoms with Crippen LogP contribution in [0, 0.1) is 0 Å². The third kappa shape index (κ3) is 4.13. The third-order valence-electron chi connectivity index (χ3n) is 2.84. The van der Waals surface area contributed by atoms with Crippen LogP contribution in [0.25, 0.3) is 0 Å². The number of methoxy groups -OCH3 is 2. The zero-order valence-corrected chi connectivity index (χ0v) is 11.8. The number of carbonyl (C=O) groups excluding carboxylic acids is 1. The molecule has 2 N–H and O–H groups in total. The highest BCUT2D eigenvalue weighted by Gasteiger charge is 2.22. The van der Waals surface area contributed by atoms with Crippen LogP contribution >= 0.6 is 0 Å². The maximum atomic E-state index is 12.3. The van der Waals surface area contributed by atoms with Gasteiger partial charge in [-0.05, 0) is 38.5 Å². The SMILES string of the molecule is COc1ccc(OC)c(C(=O)NC(C)(C)CCO)c1. The fourth-order valence-corrected chi connectivity index (χ4v) is 1.71. The van der Waals surface area contributed by atoms with E-state index >= 15 is 0 Å². The summed E-state index contributed by atoms with van der Waals surface area (Å²) in [4.78, 5) is 12.3. The van der Waals surface area contributed by atoms with Gasteiger partial charge in [0.05, 0.1) is 19.8 Å². The molecule has 0 aliphatic heterocycles. The van der Waals surface area contributed by atoms with Gasteiger partial charge in [-0.15, -0.1) is 0 Å². The molecule has 0 bridgehead atoms. The van der Waals surface area contributed by atoms with E-state index in [0.717, 1.165) is 0 Å². The molecule has 1 aromatic carbocycles. The highest BCUT2D eigenvalue weighted by atomic mass is 16.5. The van der Waals surface area contributed by atoms with Gasteiger partial charge in [-0.3, -0.25) is 4.79 Å². The number of hydrogen-bond acceptors (Lipinski definition) is 4. The zero-order chi connectivity index (χ0) is 14.5. The van der Waals surface area contributed by atoms with Crippen LogP contribution < -0.4 is 14.8 Å². The molecule has 1 amide bonds. The molecule has 5 nitrogen and oxygen atoms in total. The van der Waals surface area contributed by atoms with E-state index in [9.17, 15) is 4.79 Å². The monoisotopic (exact) mass is 267 g/mol. The molecular weight excluding hydrogens is 246 g/mol. The Bertz CT molecular complexity index is 443. The second kappa shape index (κ2) is 6.43. The van der Waals surface area contributed by atoms with Gasteiger partial charge in [0.2, 0.25) is 0 Å². The number of amides is 1. The molecule has 0 heterocycles. The quantitative estimate of drug-likeness (QED) is 0.821. The van der Waals surface area contributed by atoms with Gasteiger partial charge in [0.1, 0.15) is 11.5 Å². The lowest BCUT2D eigenvalue weighted by molar-refractivity contribution is 0.0896. The van der Waals surface area contributed by atoms with Crippen molar-refractivity contribution in [3.63, 3.8) is 0 Å². The maximum absolute atomic E-state index is 12.3. The van der Waals surface area contributed by atoms with Crippen molar-refractivity contribution >= 4 is 5.91 Å². The van der Waals surface area contributed by atoms with Crippen molar-refractivity contribution in [1.29, 1.82) is 0 Å². The highest BCUT2D eigenvalue weighted by molar-refractivity contribution is 5.97. The zero-order valence-electron chi connectivity index (χ0n) is 11.8. The Morgan fingerprint density at radius 1 is 1.32 bits per heavy atom. The molecule has 0 atom stereocenters. The molecule has 0 saturated heterocycles. The molecular formula is C14H21NO4. The molecule has 0 aliphatic carbocycles. The minimum absolute atomic E-state index is 0.0164. The van der Waals surface area contributed by atoms with Crippen molar-refractivity contribution in [2.45, 2.75) is 25.8 Å². The van der Waals surface area contributed by atoms with Crippen LogP contribution in [0.5, 0.6) is 11.5 Å². The summed E-state index contributed by atoms with van der Waals surface area (Å²) >= 11 is 0. The van der Waals surface area contributed by atoms with Crippen LogP contribution in [0.3, 0.4) is 0 Å². The molecule has 0 saturated carbocycles. The number of aliphatic hydroxyl groups excluding tert-OH is 1. The van der Waals surface area contributed by atoms with E-state index in [1.54, 1.807) is 25.3 Å². The lowest BCUT2D eigenvalue weighted by atomic mass is 10.0. The van der Waals surface area contributed by atoms with Gasteiger partial charge in [0.25, 0.3) is 5.91 Å². The molecule has 0 unspecified atom stereocenters. The number of carbonyl (C=O) groups is 1. The van der Waals surface area contributed by atoms with E-state index in [1.807, 2.05) is 13.8 Å². The van der Waals surface area contributed by atoms with Gasteiger partial charge >= 0.3 is 0 Å². The summed E-state index contributed by atoms with van der Waals surface area (Å²) in [6, 6.07) is 5.05. The normalized spacial score (nSPS) is 11.0. The summed E-state index contributed by atoms with van der Waals surface area (Å²) in [6.07, 6.45) is 0.477. The third-order valence-corrected chi connectivity index (χ3v) is 2.84. The molecule has 0 spiro atoms. The highest BCUT2D eigenvalue weighted by Crippen LogP contribution is 2.24. The summed E-state index contributed by atoms with van der Waals surface area (Å²) < 4.78 is 10.3. The molecule has 0 radical (unpaired) electrons. The van der Waals surface area contributed by atoms with Crippen LogP contribution in [0.15, 0.2) is 18.2 Å². The van der Waals surface area contributed by atoms with Crippen molar-refractivity contribution < 1.29 is 19.4 Å². The van der Waals surface area contributed by atoms with Gasteiger partial charge in [0.15, 0.2) is 0 Å². The Kier molecular flexibility index (Phi) is 5.18. The first-order valence-electron chi connectivity index (χ1n) is 6.09.